The SMILES string of the molecule is COCC(CNCC(C)C)N1CCC(OC)C1. The molecule has 1 heterocycles. The molecule has 4 nitrogen and oxygen atoms in total. The second kappa shape index (κ2) is 8.03. The average Bonchev–Trinajstić information content (AvgIpc) is 2.76. The number of methoxy groups -OCH3 is 2. The summed E-state index contributed by atoms with van der Waals surface area (Å²) in [5, 5.41) is 3.52. The fourth-order valence-corrected chi connectivity index (χ4v) is 2.30. The topological polar surface area (TPSA) is 33.7 Å². The van der Waals surface area contributed by atoms with Gasteiger partial charge in [0.15, 0.2) is 0 Å². The Morgan fingerprint density at radius 1 is 1.29 bits per heavy atom. The molecule has 0 radical (unpaired) electrons. The van der Waals surface area contributed by atoms with E-state index in [1.54, 1.807) is 14.2 Å². The minimum atomic E-state index is 0.402. The van der Waals surface area contributed by atoms with Gasteiger partial charge in [-0.25, -0.2) is 0 Å². The Hall–Kier alpha value is -0.160. The van der Waals surface area contributed by atoms with Crippen LogP contribution in [-0.4, -0.2) is 64.1 Å². The number of nitrogens with zero attached hydrogens (tertiary/aromatic N) is 1. The highest BCUT2D eigenvalue weighted by atomic mass is 16.5. The lowest BCUT2D eigenvalue weighted by Crippen LogP contribution is -2.45. The van der Waals surface area contributed by atoms with Gasteiger partial charge in [-0.3, -0.25) is 4.90 Å². The van der Waals surface area contributed by atoms with Gasteiger partial charge in [-0.1, -0.05) is 13.8 Å². The number of rotatable bonds is 8. The van der Waals surface area contributed by atoms with Gasteiger partial charge in [-0.15, -0.1) is 0 Å². The molecule has 1 aliphatic heterocycles. The summed E-state index contributed by atoms with van der Waals surface area (Å²) < 4.78 is 10.7. The van der Waals surface area contributed by atoms with Crippen LogP contribution < -0.4 is 5.32 Å². The largest absolute Gasteiger partial charge is 0.383 e. The van der Waals surface area contributed by atoms with Crippen LogP contribution in [0.5, 0.6) is 0 Å². The molecule has 17 heavy (non-hydrogen) atoms. The maximum absolute atomic E-state index is 5.41. The van der Waals surface area contributed by atoms with E-state index < -0.39 is 0 Å². The lowest BCUT2D eigenvalue weighted by atomic mass is 10.2. The number of ether oxygens (including phenoxy) is 2. The second-order valence-corrected chi connectivity index (χ2v) is 5.30. The van der Waals surface area contributed by atoms with Crippen molar-refractivity contribution in [3.05, 3.63) is 0 Å². The van der Waals surface area contributed by atoms with E-state index in [1.807, 2.05) is 0 Å². The van der Waals surface area contributed by atoms with Crippen molar-refractivity contribution in [3.63, 3.8) is 0 Å². The number of nitrogens with one attached hydrogen (secondary N) is 1. The van der Waals surface area contributed by atoms with Crippen LogP contribution in [0.1, 0.15) is 20.3 Å². The highest BCUT2D eigenvalue weighted by Gasteiger charge is 2.27. The van der Waals surface area contributed by atoms with Gasteiger partial charge in [0.25, 0.3) is 0 Å². The van der Waals surface area contributed by atoms with Crippen LogP contribution in [0.3, 0.4) is 0 Å². The van der Waals surface area contributed by atoms with Crippen LogP contribution in [0.25, 0.3) is 0 Å². The smallest absolute Gasteiger partial charge is 0.0710 e. The first-order valence-electron chi connectivity index (χ1n) is 6.63. The summed E-state index contributed by atoms with van der Waals surface area (Å²) in [6, 6.07) is 0.471. The standard InChI is InChI=1S/C13H28N2O2/c1-11(2)7-14-8-12(10-16-3)15-6-5-13(9-15)17-4/h11-14H,5-10H2,1-4H3. The third-order valence-corrected chi connectivity index (χ3v) is 3.32. The van der Waals surface area contributed by atoms with Gasteiger partial charge >= 0.3 is 0 Å². The summed E-state index contributed by atoms with van der Waals surface area (Å²) in [6.07, 6.45) is 1.54. The Morgan fingerprint density at radius 2 is 2.06 bits per heavy atom. The van der Waals surface area contributed by atoms with Gasteiger partial charge in [0.1, 0.15) is 0 Å². The first kappa shape index (κ1) is 14.9. The molecule has 0 aromatic rings. The van der Waals surface area contributed by atoms with Gasteiger partial charge in [0, 0.05) is 39.9 Å². The van der Waals surface area contributed by atoms with Crippen molar-refractivity contribution < 1.29 is 9.47 Å². The molecule has 0 aliphatic carbocycles. The van der Waals surface area contributed by atoms with E-state index in [0.29, 0.717) is 18.1 Å². The van der Waals surface area contributed by atoms with E-state index in [1.165, 1.54) is 0 Å². The minimum Gasteiger partial charge on any atom is -0.383 e. The van der Waals surface area contributed by atoms with Gasteiger partial charge < -0.3 is 14.8 Å². The summed E-state index contributed by atoms with van der Waals surface area (Å²) >= 11 is 0. The molecule has 0 amide bonds. The zero-order valence-corrected chi connectivity index (χ0v) is 11.7. The molecule has 1 saturated heterocycles. The zero-order valence-electron chi connectivity index (χ0n) is 11.7. The first-order chi connectivity index (χ1) is 8.17. The van der Waals surface area contributed by atoms with E-state index >= 15 is 0 Å². The van der Waals surface area contributed by atoms with Gasteiger partial charge in [-0.05, 0) is 18.9 Å². The molecule has 102 valence electrons. The van der Waals surface area contributed by atoms with Gasteiger partial charge in [0.05, 0.1) is 12.7 Å². The molecule has 2 atom stereocenters. The number of hydrogen-bond acceptors (Lipinski definition) is 4. The third kappa shape index (κ3) is 5.34. The Labute approximate surface area is 106 Å². The zero-order chi connectivity index (χ0) is 12.7. The molecule has 2 unspecified atom stereocenters. The molecule has 1 rings (SSSR count). The molecule has 1 aliphatic rings. The van der Waals surface area contributed by atoms with E-state index in [0.717, 1.165) is 39.2 Å². The lowest BCUT2D eigenvalue weighted by Gasteiger charge is -2.27. The molecule has 0 spiro atoms. The van der Waals surface area contributed by atoms with Gasteiger partial charge in [-0.2, -0.15) is 0 Å². The molecule has 0 bridgehead atoms. The summed E-state index contributed by atoms with van der Waals surface area (Å²) in [4.78, 5) is 2.48. The van der Waals surface area contributed by atoms with Crippen molar-refractivity contribution in [1.82, 2.24) is 10.2 Å². The van der Waals surface area contributed by atoms with Crippen molar-refractivity contribution in [1.29, 1.82) is 0 Å². The van der Waals surface area contributed by atoms with Crippen molar-refractivity contribution in [2.24, 2.45) is 5.92 Å². The van der Waals surface area contributed by atoms with Crippen LogP contribution in [0.2, 0.25) is 0 Å². The average molecular weight is 244 g/mol. The summed E-state index contributed by atoms with van der Waals surface area (Å²) in [7, 11) is 3.58. The Kier molecular flexibility index (Phi) is 7.04. The monoisotopic (exact) mass is 244 g/mol. The van der Waals surface area contributed by atoms with Crippen molar-refractivity contribution in [2.75, 3.05) is 47.0 Å². The van der Waals surface area contributed by atoms with Crippen molar-refractivity contribution in [2.45, 2.75) is 32.4 Å². The van der Waals surface area contributed by atoms with Crippen molar-refractivity contribution >= 4 is 0 Å². The highest BCUT2D eigenvalue weighted by molar-refractivity contribution is 4.83. The quantitative estimate of drug-likeness (QED) is 0.690. The minimum absolute atomic E-state index is 0.402. The van der Waals surface area contributed by atoms with Crippen LogP contribution in [-0.2, 0) is 9.47 Å². The highest BCUT2D eigenvalue weighted by Crippen LogP contribution is 2.15. The van der Waals surface area contributed by atoms with Gasteiger partial charge in [0.2, 0.25) is 0 Å². The number of likely N-dealkylation sites (tertiary alicyclic amines) is 1. The molecule has 0 aromatic heterocycles. The lowest BCUT2D eigenvalue weighted by molar-refractivity contribution is 0.0754. The van der Waals surface area contributed by atoms with E-state index in [4.69, 9.17) is 9.47 Å². The molecule has 0 saturated carbocycles. The maximum Gasteiger partial charge on any atom is 0.0710 e. The Balaban J connectivity index is 2.32. The first-order valence-corrected chi connectivity index (χ1v) is 6.63. The second-order valence-electron chi connectivity index (χ2n) is 5.30. The normalized spacial score (nSPS) is 23.5. The molecule has 1 fully saturated rings. The van der Waals surface area contributed by atoms with Crippen LogP contribution >= 0.6 is 0 Å². The van der Waals surface area contributed by atoms with E-state index in [2.05, 4.69) is 24.1 Å². The van der Waals surface area contributed by atoms with Crippen LogP contribution in [0, 0.1) is 5.92 Å². The molecular formula is C13H28N2O2. The van der Waals surface area contributed by atoms with Crippen LogP contribution in [0.4, 0.5) is 0 Å². The molecule has 4 heteroatoms. The van der Waals surface area contributed by atoms with E-state index in [9.17, 15) is 0 Å². The Bertz CT molecular complexity index is 200. The summed E-state index contributed by atoms with van der Waals surface area (Å²) in [5.41, 5.74) is 0. The van der Waals surface area contributed by atoms with Crippen LogP contribution in [0.15, 0.2) is 0 Å². The predicted octanol–water partition coefficient (Wildman–Crippen LogP) is 0.968. The third-order valence-electron chi connectivity index (χ3n) is 3.32. The summed E-state index contributed by atoms with van der Waals surface area (Å²) in [6.45, 7) is 9.49. The maximum atomic E-state index is 5.41. The fraction of sp³-hybridized carbons (Fsp3) is 1.00. The predicted molar refractivity (Wildman–Crippen MR) is 70.4 cm³/mol. The fourth-order valence-electron chi connectivity index (χ4n) is 2.30. The van der Waals surface area contributed by atoms with E-state index in [-0.39, 0.29) is 0 Å². The molecule has 1 N–H and O–H groups in total. The van der Waals surface area contributed by atoms with Crippen molar-refractivity contribution in [3.8, 4) is 0 Å². The molecular weight excluding hydrogens is 216 g/mol. The molecule has 0 aromatic carbocycles. The number of hydrogen-bond donors (Lipinski definition) is 1. The Morgan fingerprint density at radius 3 is 2.59 bits per heavy atom. The summed E-state index contributed by atoms with van der Waals surface area (Å²) in [5.74, 6) is 0.698.